The van der Waals surface area contributed by atoms with E-state index >= 15 is 0 Å². The van der Waals surface area contributed by atoms with E-state index in [2.05, 4.69) is 27.9 Å². The molecule has 1 aliphatic carbocycles. The molecule has 0 fully saturated rings. The molecule has 0 bridgehead atoms. The van der Waals surface area contributed by atoms with Crippen LogP contribution in [0.2, 0.25) is 0 Å². The number of aliphatic carboxylic acids is 1. The first-order valence-corrected chi connectivity index (χ1v) is 6.57. The van der Waals surface area contributed by atoms with E-state index in [1.165, 1.54) is 17.1 Å². The molecule has 20 heavy (non-hydrogen) atoms. The van der Waals surface area contributed by atoms with Gasteiger partial charge in [-0.1, -0.05) is 12.2 Å². The summed E-state index contributed by atoms with van der Waals surface area (Å²) >= 11 is 0. The van der Waals surface area contributed by atoms with Crippen molar-refractivity contribution in [3.05, 3.63) is 24.5 Å². The molecule has 0 saturated heterocycles. The molecule has 1 unspecified atom stereocenters. The Balaban J connectivity index is 1.74. The van der Waals surface area contributed by atoms with Crippen LogP contribution in [-0.2, 0) is 11.3 Å². The van der Waals surface area contributed by atoms with Crippen LogP contribution < -0.4 is 10.6 Å². The summed E-state index contributed by atoms with van der Waals surface area (Å²) in [6, 6.07) is -0.297. The SMILES string of the molecule is O=C(O)Cn1cc(NC(=O)NCC2CC=CCC2)cn1. The molecular weight excluding hydrogens is 260 g/mol. The molecule has 1 heterocycles. The van der Waals surface area contributed by atoms with Gasteiger partial charge in [0.25, 0.3) is 0 Å². The highest BCUT2D eigenvalue weighted by Crippen LogP contribution is 2.16. The largest absolute Gasteiger partial charge is 0.480 e. The number of carbonyl (C=O) groups excluding carboxylic acids is 1. The van der Waals surface area contributed by atoms with Crippen LogP contribution in [0.15, 0.2) is 24.5 Å². The van der Waals surface area contributed by atoms with Gasteiger partial charge in [-0.15, -0.1) is 0 Å². The Morgan fingerprint density at radius 1 is 1.45 bits per heavy atom. The van der Waals surface area contributed by atoms with Gasteiger partial charge in [0.15, 0.2) is 0 Å². The quantitative estimate of drug-likeness (QED) is 0.710. The van der Waals surface area contributed by atoms with Crippen molar-refractivity contribution >= 4 is 17.7 Å². The van der Waals surface area contributed by atoms with Gasteiger partial charge in [-0.05, 0) is 25.2 Å². The maximum atomic E-state index is 11.7. The molecule has 2 rings (SSSR count). The molecule has 2 amide bonds. The summed E-state index contributed by atoms with van der Waals surface area (Å²) < 4.78 is 1.25. The second kappa shape index (κ2) is 6.74. The van der Waals surface area contributed by atoms with Gasteiger partial charge in [-0.3, -0.25) is 9.48 Å². The van der Waals surface area contributed by atoms with Gasteiger partial charge in [0.05, 0.1) is 11.9 Å². The number of nitrogens with zero attached hydrogens (tertiary/aromatic N) is 2. The van der Waals surface area contributed by atoms with Crippen LogP contribution in [0.1, 0.15) is 19.3 Å². The van der Waals surface area contributed by atoms with Crippen LogP contribution in [0, 0.1) is 5.92 Å². The van der Waals surface area contributed by atoms with Crippen molar-refractivity contribution in [3.8, 4) is 0 Å². The summed E-state index contributed by atoms with van der Waals surface area (Å²) in [5.74, 6) is -0.491. The zero-order valence-electron chi connectivity index (χ0n) is 11.1. The third-order valence-electron chi connectivity index (χ3n) is 3.12. The van der Waals surface area contributed by atoms with Gasteiger partial charge >= 0.3 is 12.0 Å². The zero-order chi connectivity index (χ0) is 14.4. The number of carbonyl (C=O) groups is 2. The Morgan fingerprint density at radius 2 is 2.30 bits per heavy atom. The lowest BCUT2D eigenvalue weighted by Gasteiger charge is -2.18. The number of hydrogen-bond donors (Lipinski definition) is 3. The minimum Gasteiger partial charge on any atom is -0.480 e. The molecule has 1 aromatic rings. The number of carboxylic acid groups (broad SMARTS) is 1. The van der Waals surface area contributed by atoms with Gasteiger partial charge in [-0.25, -0.2) is 4.79 Å². The van der Waals surface area contributed by atoms with Crippen LogP contribution >= 0.6 is 0 Å². The lowest BCUT2D eigenvalue weighted by molar-refractivity contribution is -0.137. The van der Waals surface area contributed by atoms with Crippen molar-refractivity contribution in [1.29, 1.82) is 0 Å². The standard InChI is InChI=1S/C13H18N4O3/c18-12(19)9-17-8-11(7-15-17)16-13(20)14-6-10-4-2-1-3-5-10/h1-2,7-8,10H,3-6,9H2,(H,18,19)(H2,14,16,20). The van der Waals surface area contributed by atoms with Crippen LogP contribution in [0.4, 0.5) is 10.5 Å². The molecule has 1 atom stereocenters. The second-order valence-corrected chi connectivity index (χ2v) is 4.81. The van der Waals surface area contributed by atoms with E-state index in [1.54, 1.807) is 0 Å². The predicted molar refractivity (Wildman–Crippen MR) is 73.4 cm³/mol. The number of nitrogens with one attached hydrogen (secondary N) is 2. The maximum absolute atomic E-state index is 11.7. The monoisotopic (exact) mass is 278 g/mol. The van der Waals surface area contributed by atoms with Crippen molar-refractivity contribution in [2.24, 2.45) is 5.92 Å². The van der Waals surface area contributed by atoms with E-state index in [1.807, 2.05) is 0 Å². The van der Waals surface area contributed by atoms with Crippen molar-refractivity contribution in [2.45, 2.75) is 25.8 Å². The first-order valence-electron chi connectivity index (χ1n) is 6.57. The van der Waals surface area contributed by atoms with Gasteiger partial charge in [0.1, 0.15) is 6.54 Å². The van der Waals surface area contributed by atoms with E-state index in [-0.39, 0.29) is 12.6 Å². The molecule has 3 N–H and O–H groups in total. The molecule has 7 heteroatoms. The molecule has 108 valence electrons. The van der Waals surface area contributed by atoms with Crippen LogP contribution in [0.5, 0.6) is 0 Å². The third-order valence-corrected chi connectivity index (χ3v) is 3.12. The number of anilines is 1. The fourth-order valence-electron chi connectivity index (χ4n) is 2.11. The summed E-state index contributed by atoms with van der Waals surface area (Å²) in [6.07, 6.45) is 10.4. The van der Waals surface area contributed by atoms with Crippen LogP contribution in [0.3, 0.4) is 0 Å². The molecule has 0 aliphatic heterocycles. The number of rotatable bonds is 5. The summed E-state index contributed by atoms with van der Waals surface area (Å²) in [7, 11) is 0. The Kier molecular flexibility index (Phi) is 4.75. The Hall–Kier alpha value is -2.31. The molecule has 0 spiro atoms. The minimum absolute atomic E-state index is 0.224. The molecule has 7 nitrogen and oxygen atoms in total. The second-order valence-electron chi connectivity index (χ2n) is 4.81. The van der Waals surface area contributed by atoms with E-state index in [0.29, 0.717) is 18.2 Å². The van der Waals surface area contributed by atoms with E-state index in [9.17, 15) is 9.59 Å². The van der Waals surface area contributed by atoms with E-state index < -0.39 is 5.97 Å². The smallest absolute Gasteiger partial charge is 0.325 e. The highest BCUT2D eigenvalue weighted by Gasteiger charge is 2.11. The molecule has 0 radical (unpaired) electrons. The first kappa shape index (κ1) is 14.1. The molecule has 1 aliphatic rings. The molecule has 0 saturated carbocycles. The highest BCUT2D eigenvalue weighted by atomic mass is 16.4. The van der Waals surface area contributed by atoms with Crippen LogP contribution in [0.25, 0.3) is 0 Å². The average Bonchev–Trinajstić information content (AvgIpc) is 2.84. The van der Waals surface area contributed by atoms with E-state index in [0.717, 1.165) is 19.3 Å². The Morgan fingerprint density at radius 3 is 3.00 bits per heavy atom. The van der Waals surface area contributed by atoms with Gasteiger partial charge in [0.2, 0.25) is 0 Å². The number of aromatic nitrogens is 2. The van der Waals surface area contributed by atoms with Crippen molar-refractivity contribution in [1.82, 2.24) is 15.1 Å². The number of amides is 2. The molecule has 1 aromatic heterocycles. The zero-order valence-corrected chi connectivity index (χ0v) is 11.1. The molecular formula is C13H18N4O3. The number of allylic oxidation sites excluding steroid dienone is 2. The Bertz CT molecular complexity index is 509. The maximum Gasteiger partial charge on any atom is 0.325 e. The first-order chi connectivity index (χ1) is 9.63. The topological polar surface area (TPSA) is 96.2 Å². The van der Waals surface area contributed by atoms with Gasteiger partial charge in [-0.2, -0.15) is 5.10 Å². The van der Waals surface area contributed by atoms with Gasteiger partial charge in [0, 0.05) is 12.7 Å². The lowest BCUT2D eigenvalue weighted by atomic mass is 9.94. The summed E-state index contributed by atoms with van der Waals surface area (Å²) in [5, 5.41) is 17.9. The summed E-state index contributed by atoms with van der Waals surface area (Å²) in [6.45, 7) is 0.414. The Labute approximate surface area is 116 Å². The van der Waals surface area contributed by atoms with Crippen molar-refractivity contribution < 1.29 is 14.7 Å². The number of carboxylic acids is 1. The fourth-order valence-corrected chi connectivity index (χ4v) is 2.11. The predicted octanol–water partition coefficient (Wildman–Crippen LogP) is 1.45. The minimum atomic E-state index is -0.977. The lowest BCUT2D eigenvalue weighted by Crippen LogP contribution is -2.33. The van der Waals surface area contributed by atoms with Crippen molar-refractivity contribution in [2.75, 3.05) is 11.9 Å². The fraction of sp³-hybridized carbons (Fsp3) is 0.462. The van der Waals surface area contributed by atoms with Gasteiger partial charge < -0.3 is 15.7 Å². The summed E-state index contributed by atoms with van der Waals surface area (Å²) in [5.41, 5.74) is 0.479. The highest BCUT2D eigenvalue weighted by molar-refractivity contribution is 5.88. The number of urea groups is 1. The van der Waals surface area contributed by atoms with Crippen LogP contribution in [-0.4, -0.2) is 33.4 Å². The molecule has 0 aromatic carbocycles. The average molecular weight is 278 g/mol. The third kappa shape index (κ3) is 4.42. The number of hydrogen-bond acceptors (Lipinski definition) is 3. The van der Waals surface area contributed by atoms with E-state index in [4.69, 9.17) is 5.11 Å². The normalized spacial score (nSPS) is 17.7. The summed E-state index contributed by atoms with van der Waals surface area (Å²) in [4.78, 5) is 22.2. The van der Waals surface area contributed by atoms with Crippen molar-refractivity contribution in [3.63, 3.8) is 0 Å².